The lowest BCUT2D eigenvalue weighted by molar-refractivity contribution is -0.141. The van der Waals surface area contributed by atoms with Crippen LogP contribution < -0.4 is 5.32 Å². The Kier molecular flexibility index (Phi) is 6.07. The van der Waals surface area contributed by atoms with Gasteiger partial charge in [-0.2, -0.15) is 28.0 Å². The molecule has 0 atom stereocenters. The van der Waals surface area contributed by atoms with Crippen LogP contribution in [0.2, 0.25) is 5.02 Å². The average molecular weight is 477 g/mol. The van der Waals surface area contributed by atoms with Crippen molar-refractivity contribution in [2.75, 3.05) is 18.5 Å². The molecule has 0 saturated heterocycles. The fraction of sp³-hybridized carbons (Fsp3) is 0.238. The van der Waals surface area contributed by atoms with Crippen molar-refractivity contribution in [3.05, 3.63) is 52.4 Å². The van der Waals surface area contributed by atoms with Crippen LogP contribution in [0.4, 0.5) is 19.0 Å². The quantitative estimate of drug-likeness (QED) is 0.362. The smallest absolute Gasteiger partial charge is 0.396 e. The van der Waals surface area contributed by atoms with Gasteiger partial charge in [0.1, 0.15) is 17.5 Å². The average Bonchev–Trinajstić information content (AvgIpc) is 3.17. The number of anilines is 1. The summed E-state index contributed by atoms with van der Waals surface area (Å²) in [6.07, 6.45) is -3.09. The van der Waals surface area contributed by atoms with E-state index in [1.54, 1.807) is 24.3 Å². The van der Waals surface area contributed by atoms with Gasteiger partial charge in [-0.25, -0.2) is 4.98 Å². The molecule has 0 aliphatic carbocycles. The van der Waals surface area contributed by atoms with Gasteiger partial charge < -0.3 is 15.5 Å². The molecule has 0 radical (unpaired) electrons. The summed E-state index contributed by atoms with van der Waals surface area (Å²) in [5.74, 6) is 0.0898. The second-order valence-electron chi connectivity index (χ2n) is 7.03. The molecule has 0 bridgehead atoms. The second kappa shape index (κ2) is 8.82. The topological polar surface area (TPSA) is 119 Å². The van der Waals surface area contributed by atoms with E-state index < -0.39 is 24.0 Å². The van der Waals surface area contributed by atoms with Gasteiger partial charge in [-0.15, -0.1) is 0 Å². The van der Waals surface area contributed by atoms with E-state index in [0.717, 1.165) is 4.52 Å². The summed E-state index contributed by atoms with van der Waals surface area (Å²) >= 11 is 6.07. The predicted octanol–water partition coefficient (Wildman–Crippen LogP) is 3.77. The molecular formula is C21H16ClF3N6O2. The largest absolute Gasteiger partial charge is 0.436 e. The molecule has 4 aromatic rings. The third-order valence-corrected chi connectivity index (χ3v) is 5.21. The SMILES string of the molecule is N#Cc1c(C(F)(F)F)nn2c(NCCCO)c(-c3ccnc4cc(Cl)ccc34)c(CO)nc12. The number of aliphatic hydroxyl groups is 2. The van der Waals surface area contributed by atoms with Crippen LogP contribution in [0, 0.1) is 11.3 Å². The highest BCUT2D eigenvalue weighted by Crippen LogP contribution is 2.39. The van der Waals surface area contributed by atoms with Gasteiger partial charge in [0.15, 0.2) is 11.3 Å². The minimum atomic E-state index is -4.89. The number of nitriles is 1. The zero-order chi connectivity index (χ0) is 23.8. The number of fused-ring (bicyclic) bond motifs is 2. The third-order valence-electron chi connectivity index (χ3n) is 4.97. The van der Waals surface area contributed by atoms with E-state index >= 15 is 0 Å². The summed E-state index contributed by atoms with van der Waals surface area (Å²) in [5.41, 5.74) is -1.09. The van der Waals surface area contributed by atoms with E-state index in [2.05, 4.69) is 20.4 Å². The Balaban J connectivity index is 2.12. The zero-order valence-corrected chi connectivity index (χ0v) is 17.6. The summed E-state index contributed by atoms with van der Waals surface area (Å²) < 4.78 is 41.7. The number of pyridine rings is 1. The number of hydrogen-bond acceptors (Lipinski definition) is 7. The van der Waals surface area contributed by atoms with Crippen molar-refractivity contribution >= 4 is 34.0 Å². The minimum absolute atomic E-state index is 0.0431. The van der Waals surface area contributed by atoms with Crippen LogP contribution in [-0.2, 0) is 12.8 Å². The lowest BCUT2D eigenvalue weighted by atomic mass is 10.00. The molecular weight excluding hydrogens is 461 g/mol. The van der Waals surface area contributed by atoms with Crippen molar-refractivity contribution in [3.8, 4) is 17.2 Å². The lowest BCUT2D eigenvalue weighted by Gasteiger charge is -2.18. The Hall–Kier alpha value is -3.46. The summed E-state index contributed by atoms with van der Waals surface area (Å²) in [6, 6.07) is 8.14. The van der Waals surface area contributed by atoms with Gasteiger partial charge in [0.2, 0.25) is 0 Å². The molecule has 170 valence electrons. The fourth-order valence-corrected chi connectivity index (χ4v) is 3.75. The van der Waals surface area contributed by atoms with E-state index in [0.29, 0.717) is 33.5 Å². The van der Waals surface area contributed by atoms with Crippen molar-refractivity contribution in [2.45, 2.75) is 19.2 Å². The number of benzene rings is 1. The van der Waals surface area contributed by atoms with E-state index in [-0.39, 0.29) is 30.3 Å². The van der Waals surface area contributed by atoms with Gasteiger partial charge in [0.05, 0.1) is 17.8 Å². The maximum atomic E-state index is 13.6. The molecule has 0 amide bonds. The Labute approximate surface area is 189 Å². The second-order valence-corrected chi connectivity index (χ2v) is 7.47. The summed E-state index contributed by atoms with van der Waals surface area (Å²) in [4.78, 5) is 8.46. The summed E-state index contributed by atoms with van der Waals surface area (Å²) in [5, 5.41) is 36.4. The van der Waals surface area contributed by atoms with Gasteiger partial charge in [-0.1, -0.05) is 17.7 Å². The first-order valence-corrected chi connectivity index (χ1v) is 10.1. The molecule has 12 heteroatoms. The zero-order valence-electron chi connectivity index (χ0n) is 16.9. The first-order valence-electron chi connectivity index (χ1n) is 9.73. The number of nitrogens with one attached hydrogen (secondary N) is 1. The number of aromatic nitrogens is 4. The van der Waals surface area contributed by atoms with Gasteiger partial charge in [0.25, 0.3) is 0 Å². The Morgan fingerprint density at radius 2 is 2.00 bits per heavy atom. The molecule has 0 spiro atoms. The molecule has 3 N–H and O–H groups in total. The van der Waals surface area contributed by atoms with Crippen molar-refractivity contribution in [3.63, 3.8) is 0 Å². The van der Waals surface area contributed by atoms with Crippen LogP contribution in [0.15, 0.2) is 30.5 Å². The van der Waals surface area contributed by atoms with Gasteiger partial charge in [0, 0.05) is 35.3 Å². The summed E-state index contributed by atoms with van der Waals surface area (Å²) in [6.45, 7) is -0.586. The molecule has 4 rings (SSSR count). The highest BCUT2D eigenvalue weighted by molar-refractivity contribution is 6.31. The molecule has 0 unspecified atom stereocenters. The number of alkyl halides is 3. The Morgan fingerprint density at radius 1 is 1.21 bits per heavy atom. The minimum Gasteiger partial charge on any atom is -0.396 e. The highest BCUT2D eigenvalue weighted by Gasteiger charge is 2.39. The van der Waals surface area contributed by atoms with E-state index in [9.17, 15) is 28.6 Å². The van der Waals surface area contributed by atoms with Crippen LogP contribution in [0.25, 0.3) is 27.7 Å². The van der Waals surface area contributed by atoms with Crippen LogP contribution in [0.5, 0.6) is 0 Å². The normalized spacial score (nSPS) is 11.8. The standard InChI is InChI=1S/C21H16ClF3N6O2/c22-11-2-3-12-13(4-6-27-15(12)8-11)17-16(10-33)29-19-14(9-26)18(21(23,24)25)30-31(19)20(17)28-5-1-7-32/h2-4,6,8,28,32-33H,1,5,7,10H2. The first kappa shape index (κ1) is 22.7. The van der Waals surface area contributed by atoms with Crippen LogP contribution in [-0.4, -0.2) is 42.9 Å². The monoisotopic (exact) mass is 476 g/mol. The van der Waals surface area contributed by atoms with Crippen LogP contribution in [0.3, 0.4) is 0 Å². The molecule has 8 nitrogen and oxygen atoms in total. The van der Waals surface area contributed by atoms with E-state index in [1.165, 1.54) is 12.3 Å². The molecule has 3 heterocycles. The molecule has 1 aromatic carbocycles. The first-order chi connectivity index (χ1) is 15.8. The lowest BCUT2D eigenvalue weighted by Crippen LogP contribution is -2.13. The summed E-state index contributed by atoms with van der Waals surface area (Å²) in [7, 11) is 0. The maximum absolute atomic E-state index is 13.6. The third kappa shape index (κ3) is 4.04. The van der Waals surface area contributed by atoms with Crippen LogP contribution >= 0.6 is 11.6 Å². The van der Waals surface area contributed by atoms with E-state index in [1.807, 2.05) is 0 Å². The fourth-order valence-electron chi connectivity index (χ4n) is 3.58. The molecule has 0 fully saturated rings. The molecule has 0 aliphatic rings. The molecule has 0 saturated carbocycles. The van der Waals surface area contributed by atoms with Gasteiger partial charge in [-0.05, 0) is 30.2 Å². The van der Waals surface area contributed by atoms with Crippen molar-refractivity contribution in [1.29, 1.82) is 5.26 Å². The predicted molar refractivity (Wildman–Crippen MR) is 115 cm³/mol. The Morgan fingerprint density at radius 3 is 2.67 bits per heavy atom. The molecule has 3 aromatic heterocycles. The number of hydrogen-bond donors (Lipinski definition) is 3. The van der Waals surface area contributed by atoms with E-state index in [4.69, 9.17) is 11.6 Å². The van der Waals surface area contributed by atoms with Crippen molar-refractivity contribution in [2.24, 2.45) is 0 Å². The van der Waals surface area contributed by atoms with Crippen molar-refractivity contribution < 1.29 is 23.4 Å². The number of nitrogens with zero attached hydrogens (tertiary/aromatic N) is 5. The Bertz CT molecular complexity index is 1400. The highest BCUT2D eigenvalue weighted by atomic mass is 35.5. The van der Waals surface area contributed by atoms with Gasteiger partial charge >= 0.3 is 6.18 Å². The van der Waals surface area contributed by atoms with Gasteiger partial charge in [-0.3, -0.25) is 4.98 Å². The number of aliphatic hydroxyl groups excluding tert-OH is 2. The number of rotatable bonds is 6. The van der Waals surface area contributed by atoms with Crippen molar-refractivity contribution in [1.82, 2.24) is 19.6 Å². The van der Waals surface area contributed by atoms with Crippen LogP contribution in [0.1, 0.15) is 23.4 Å². The maximum Gasteiger partial charge on any atom is 0.436 e. The number of halogens is 4. The molecule has 0 aliphatic heterocycles. The molecule has 33 heavy (non-hydrogen) atoms.